The van der Waals surface area contributed by atoms with Crippen molar-refractivity contribution in [1.29, 1.82) is 0 Å². The van der Waals surface area contributed by atoms with Gasteiger partial charge in [0, 0.05) is 6.61 Å². The normalized spacial score (nSPS) is 13.1. The van der Waals surface area contributed by atoms with Crippen LogP contribution in [-0.2, 0) is 9.16 Å². The summed E-state index contributed by atoms with van der Waals surface area (Å²) >= 11 is 0. The maximum absolute atomic E-state index is 10.9. The molecule has 1 atom stereocenters. The molecule has 0 aromatic heterocycles. The van der Waals surface area contributed by atoms with Gasteiger partial charge in [-0.2, -0.15) is 0 Å². The zero-order chi connectivity index (χ0) is 20.6. The van der Waals surface area contributed by atoms with Gasteiger partial charge in [0.05, 0.1) is 6.61 Å². The van der Waals surface area contributed by atoms with Crippen molar-refractivity contribution in [2.75, 3.05) is 13.2 Å². The Morgan fingerprint density at radius 2 is 1.54 bits per heavy atom. The number of amides is 1. The number of carbonyl (C=O) groups is 1. The van der Waals surface area contributed by atoms with Crippen LogP contribution in [0.2, 0.25) is 5.04 Å². The standard InChI is InChI=1S/C22H31NO4Si/c1-22(2,3)28(19-12-6-4-7-13-19,20-14-8-5-9-15-20)26-16-10-11-18(17-24)27-21(23)25/h4-9,12-15,18,24H,10-11,16-17H2,1-3H3,(H2,23,25)/t18-/m0/s1. The van der Waals surface area contributed by atoms with E-state index in [0.717, 1.165) is 0 Å². The Hall–Kier alpha value is -2.15. The van der Waals surface area contributed by atoms with Crippen molar-refractivity contribution in [2.45, 2.75) is 44.8 Å². The highest BCUT2D eigenvalue weighted by Gasteiger charge is 2.49. The summed E-state index contributed by atoms with van der Waals surface area (Å²) in [6.45, 7) is 6.94. The van der Waals surface area contributed by atoms with Gasteiger partial charge in [-0.3, -0.25) is 0 Å². The molecule has 28 heavy (non-hydrogen) atoms. The monoisotopic (exact) mass is 401 g/mol. The molecule has 0 saturated carbocycles. The van der Waals surface area contributed by atoms with Gasteiger partial charge in [-0.25, -0.2) is 4.79 Å². The molecule has 6 heteroatoms. The lowest BCUT2D eigenvalue weighted by Crippen LogP contribution is -2.66. The van der Waals surface area contributed by atoms with Crippen molar-refractivity contribution in [3.05, 3.63) is 60.7 Å². The topological polar surface area (TPSA) is 81.8 Å². The Morgan fingerprint density at radius 1 is 1.04 bits per heavy atom. The molecular weight excluding hydrogens is 370 g/mol. The van der Waals surface area contributed by atoms with Crippen LogP contribution in [0.3, 0.4) is 0 Å². The Morgan fingerprint density at radius 3 is 1.93 bits per heavy atom. The van der Waals surface area contributed by atoms with Crippen LogP contribution in [0, 0.1) is 0 Å². The van der Waals surface area contributed by atoms with E-state index in [0.29, 0.717) is 19.4 Å². The predicted molar refractivity (Wildman–Crippen MR) is 114 cm³/mol. The largest absolute Gasteiger partial charge is 0.444 e. The second-order valence-corrected chi connectivity index (χ2v) is 12.2. The fourth-order valence-electron chi connectivity index (χ4n) is 3.65. The highest BCUT2D eigenvalue weighted by molar-refractivity contribution is 6.99. The summed E-state index contributed by atoms with van der Waals surface area (Å²) in [5.41, 5.74) is 5.05. The van der Waals surface area contributed by atoms with Crippen LogP contribution in [-0.4, -0.2) is 38.8 Å². The first-order valence-corrected chi connectivity index (χ1v) is 11.5. The quantitative estimate of drug-likeness (QED) is 0.500. The molecule has 0 heterocycles. The maximum atomic E-state index is 10.9. The Kier molecular flexibility index (Phi) is 7.80. The Balaban J connectivity index is 2.28. The number of hydrogen-bond donors (Lipinski definition) is 2. The van der Waals surface area contributed by atoms with Crippen molar-refractivity contribution in [1.82, 2.24) is 0 Å². The van der Waals surface area contributed by atoms with Crippen LogP contribution in [0.5, 0.6) is 0 Å². The maximum Gasteiger partial charge on any atom is 0.404 e. The minimum atomic E-state index is -2.56. The zero-order valence-electron chi connectivity index (χ0n) is 16.9. The molecule has 0 fully saturated rings. The molecule has 0 aliphatic rings. The molecule has 0 unspecified atom stereocenters. The van der Waals surface area contributed by atoms with Crippen molar-refractivity contribution in [3.63, 3.8) is 0 Å². The van der Waals surface area contributed by atoms with Gasteiger partial charge in [0.25, 0.3) is 8.32 Å². The first-order chi connectivity index (χ1) is 13.3. The summed E-state index contributed by atoms with van der Waals surface area (Å²) in [4.78, 5) is 10.9. The summed E-state index contributed by atoms with van der Waals surface area (Å²) in [5, 5.41) is 11.7. The molecule has 0 spiro atoms. The minimum absolute atomic E-state index is 0.0875. The number of aliphatic hydroxyl groups is 1. The second-order valence-electron chi connectivity index (χ2n) is 7.90. The molecule has 5 nitrogen and oxygen atoms in total. The van der Waals surface area contributed by atoms with E-state index in [1.807, 2.05) is 12.1 Å². The minimum Gasteiger partial charge on any atom is -0.444 e. The lowest BCUT2D eigenvalue weighted by Gasteiger charge is -2.43. The molecule has 0 bridgehead atoms. The van der Waals surface area contributed by atoms with Crippen molar-refractivity contribution in [3.8, 4) is 0 Å². The second kappa shape index (κ2) is 9.86. The summed E-state index contributed by atoms with van der Waals surface area (Å²) in [7, 11) is -2.56. The van der Waals surface area contributed by atoms with Gasteiger partial charge < -0.3 is 20.0 Å². The fourth-order valence-corrected chi connectivity index (χ4v) is 8.26. The van der Waals surface area contributed by atoms with E-state index in [1.165, 1.54) is 10.4 Å². The summed E-state index contributed by atoms with van der Waals surface area (Å²) in [6.07, 6.45) is -0.312. The van der Waals surface area contributed by atoms with Gasteiger partial charge in [0.2, 0.25) is 0 Å². The Labute approximate surface area is 168 Å². The van der Waals surface area contributed by atoms with Crippen LogP contribution in [0.15, 0.2) is 60.7 Å². The number of benzene rings is 2. The molecular formula is C22H31NO4Si. The smallest absolute Gasteiger partial charge is 0.404 e. The third-order valence-electron chi connectivity index (χ3n) is 4.89. The van der Waals surface area contributed by atoms with Crippen LogP contribution >= 0.6 is 0 Å². The molecule has 0 radical (unpaired) electrons. The third-order valence-corrected chi connectivity index (χ3v) is 9.93. The predicted octanol–water partition coefficient (Wildman–Crippen LogP) is 2.80. The van der Waals surface area contributed by atoms with Gasteiger partial charge in [-0.1, -0.05) is 81.4 Å². The average Bonchev–Trinajstić information content (AvgIpc) is 2.67. The van der Waals surface area contributed by atoms with Gasteiger partial charge in [-0.15, -0.1) is 0 Å². The summed E-state index contributed by atoms with van der Waals surface area (Å²) < 4.78 is 11.7. The van der Waals surface area contributed by atoms with Gasteiger partial charge in [0.15, 0.2) is 0 Å². The number of nitrogens with two attached hydrogens (primary N) is 1. The van der Waals surface area contributed by atoms with Gasteiger partial charge in [-0.05, 0) is 28.3 Å². The van der Waals surface area contributed by atoms with E-state index in [1.54, 1.807) is 0 Å². The highest BCUT2D eigenvalue weighted by atomic mass is 28.4. The first kappa shape index (κ1) is 22.1. The summed E-state index contributed by atoms with van der Waals surface area (Å²) in [6, 6.07) is 20.8. The van der Waals surface area contributed by atoms with E-state index >= 15 is 0 Å². The third kappa shape index (κ3) is 5.22. The molecule has 2 aromatic carbocycles. The molecule has 3 N–H and O–H groups in total. The molecule has 0 aliphatic carbocycles. The van der Waals surface area contributed by atoms with E-state index in [4.69, 9.17) is 14.9 Å². The van der Waals surface area contributed by atoms with Crippen molar-refractivity contribution in [2.24, 2.45) is 5.73 Å². The number of carbonyl (C=O) groups excluding carboxylic acids is 1. The lowest BCUT2D eigenvalue weighted by molar-refractivity contribution is 0.0547. The van der Waals surface area contributed by atoms with Gasteiger partial charge >= 0.3 is 6.09 Å². The molecule has 0 aliphatic heterocycles. The molecule has 1 amide bonds. The van der Waals surface area contributed by atoms with E-state index in [2.05, 4.69) is 69.3 Å². The SMILES string of the molecule is CC(C)(C)[Si](OCCC[C@@H](CO)OC(N)=O)(c1ccccc1)c1ccccc1. The number of rotatable bonds is 9. The number of primary amides is 1. The average molecular weight is 402 g/mol. The molecule has 152 valence electrons. The number of hydrogen-bond acceptors (Lipinski definition) is 4. The first-order valence-electron chi connectivity index (χ1n) is 9.63. The van der Waals surface area contributed by atoms with Crippen molar-refractivity contribution < 1.29 is 19.1 Å². The number of ether oxygens (including phenoxy) is 1. The number of aliphatic hydroxyl groups excluding tert-OH is 1. The van der Waals surface area contributed by atoms with Crippen molar-refractivity contribution >= 4 is 24.8 Å². The zero-order valence-corrected chi connectivity index (χ0v) is 17.9. The van der Waals surface area contributed by atoms with E-state index in [9.17, 15) is 9.90 Å². The fraction of sp³-hybridized carbons (Fsp3) is 0.409. The highest BCUT2D eigenvalue weighted by Crippen LogP contribution is 2.36. The van der Waals surface area contributed by atoms with E-state index < -0.39 is 20.5 Å². The molecule has 2 rings (SSSR count). The van der Waals surface area contributed by atoms with Gasteiger partial charge in [0.1, 0.15) is 6.10 Å². The molecule has 0 saturated heterocycles. The van der Waals surface area contributed by atoms with Crippen LogP contribution in [0.25, 0.3) is 0 Å². The lowest BCUT2D eigenvalue weighted by atomic mass is 10.2. The molecule has 2 aromatic rings. The van der Waals surface area contributed by atoms with E-state index in [-0.39, 0.29) is 11.6 Å². The summed E-state index contributed by atoms with van der Waals surface area (Å²) in [5.74, 6) is 0. The Bertz CT molecular complexity index is 692. The van der Waals surface area contributed by atoms with Crippen LogP contribution in [0.1, 0.15) is 33.6 Å². The van der Waals surface area contributed by atoms with Crippen LogP contribution < -0.4 is 16.1 Å². The van der Waals surface area contributed by atoms with Crippen LogP contribution in [0.4, 0.5) is 4.79 Å².